The number of carbonyl (C=O) groups excluding carboxylic acids is 1. The van der Waals surface area contributed by atoms with Crippen LogP contribution in [-0.2, 0) is 0 Å². The highest BCUT2D eigenvalue weighted by molar-refractivity contribution is 6.08. The van der Waals surface area contributed by atoms with E-state index in [1.807, 2.05) is 7.05 Å². The Morgan fingerprint density at radius 3 is 2.80 bits per heavy atom. The molecule has 1 aliphatic carbocycles. The smallest absolute Gasteiger partial charge is 0.315 e. The molecule has 1 heterocycles. The summed E-state index contributed by atoms with van der Waals surface area (Å²) in [4.78, 5) is 13.3. The van der Waals surface area contributed by atoms with E-state index in [9.17, 15) is 4.79 Å². The van der Waals surface area contributed by atoms with Crippen LogP contribution in [0.3, 0.4) is 0 Å². The van der Waals surface area contributed by atoms with E-state index in [0.717, 1.165) is 31.6 Å². The van der Waals surface area contributed by atoms with Crippen LogP contribution in [0.25, 0.3) is 0 Å². The van der Waals surface area contributed by atoms with Gasteiger partial charge in [0.25, 0.3) is 0 Å². The van der Waals surface area contributed by atoms with Crippen molar-refractivity contribution in [1.29, 1.82) is 5.41 Å². The summed E-state index contributed by atoms with van der Waals surface area (Å²) in [6.45, 7) is 2.26. The van der Waals surface area contributed by atoms with Gasteiger partial charge in [-0.3, -0.25) is 10.7 Å². The van der Waals surface area contributed by atoms with E-state index in [4.69, 9.17) is 5.41 Å². The van der Waals surface area contributed by atoms with E-state index in [0.29, 0.717) is 5.84 Å². The number of amides is 2. The van der Waals surface area contributed by atoms with Crippen molar-refractivity contribution in [2.75, 3.05) is 7.05 Å². The lowest BCUT2D eigenvalue weighted by Crippen LogP contribution is -2.47. The average molecular weight is 209 g/mol. The summed E-state index contributed by atoms with van der Waals surface area (Å²) in [5.74, 6) is 1.13. The third kappa shape index (κ3) is 1.52. The zero-order chi connectivity index (χ0) is 11.1. The molecule has 0 bridgehead atoms. The first kappa shape index (κ1) is 10.5. The van der Waals surface area contributed by atoms with Gasteiger partial charge >= 0.3 is 6.03 Å². The van der Waals surface area contributed by atoms with Crippen LogP contribution in [0.1, 0.15) is 39.0 Å². The standard InChI is InChI=1S/C11H19N3O/c1-8-4-3-6-11(7-5-8)9(12)13-10(15)14(11)2/h8H,3-7H2,1-2H3,(H2,12,13,15). The molecule has 15 heavy (non-hydrogen) atoms. The van der Waals surface area contributed by atoms with Crippen molar-refractivity contribution in [2.45, 2.75) is 44.6 Å². The molecule has 2 aliphatic rings. The van der Waals surface area contributed by atoms with Crippen LogP contribution < -0.4 is 5.32 Å². The maximum atomic E-state index is 11.5. The minimum Gasteiger partial charge on any atom is -0.315 e. The zero-order valence-electron chi connectivity index (χ0n) is 9.47. The third-order valence-corrected chi connectivity index (χ3v) is 3.98. The van der Waals surface area contributed by atoms with Gasteiger partial charge in [0, 0.05) is 7.05 Å². The minimum absolute atomic E-state index is 0.116. The van der Waals surface area contributed by atoms with E-state index in [1.165, 1.54) is 6.42 Å². The van der Waals surface area contributed by atoms with E-state index >= 15 is 0 Å². The topological polar surface area (TPSA) is 56.2 Å². The quantitative estimate of drug-likeness (QED) is 0.629. The van der Waals surface area contributed by atoms with Crippen LogP contribution in [-0.4, -0.2) is 29.4 Å². The molecule has 4 nitrogen and oxygen atoms in total. The number of hydrogen-bond acceptors (Lipinski definition) is 2. The highest BCUT2D eigenvalue weighted by Gasteiger charge is 2.48. The molecule has 1 saturated carbocycles. The van der Waals surface area contributed by atoms with Gasteiger partial charge in [-0.25, -0.2) is 4.79 Å². The highest BCUT2D eigenvalue weighted by atomic mass is 16.2. The number of hydrogen-bond donors (Lipinski definition) is 2. The normalized spacial score (nSPS) is 36.9. The molecule has 1 aliphatic heterocycles. The summed E-state index contributed by atoms with van der Waals surface area (Å²) in [7, 11) is 1.81. The molecule has 0 aromatic rings. The molecule has 84 valence electrons. The Balaban J connectivity index is 2.24. The van der Waals surface area contributed by atoms with Gasteiger partial charge in [0.15, 0.2) is 0 Å². The predicted octanol–water partition coefficient (Wildman–Crippen LogP) is 1.96. The van der Waals surface area contributed by atoms with Crippen molar-refractivity contribution in [3.05, 3.63) is 0 Å². The van der Waals surface area contributed by atoms with E-state index in [2.05, 4.69) is 12.2 Å². The van der Waals surface area contributed by atoms with Crippen molar-refractivity contribution >= 4 is 11.9 Å². The molecule has 2 amide bonds. The summed E-state index contributed by atoms with van der Waals surface area (Å²) in [5, 5.41) is 10.6. The Morgan fingerprint density at radius 1 is 1.47 bits per heavy atom. The average Bonchev–Trinajstić information content (AvgIpc) is 2.39. The fourth-order valence-electron chi connectivity index (χ4n) is 2.75. The van der Waals surface area contributed by atoms with Gasteiger partial charge in [-0.2, -0.15) is 0 Å². The van der Waals surface area contributed by atoms with Gasteiger partial charge in [-0.15, -0.1) is 0 Å². The molecule has 4 heteroatoms. The summed E-state index contributed by atoms with van der Waals surface area (Å²) >= 11 is 0. The van der Waals surface area contributed by atoms with Crippen LogP contribution in [0.4, 0.5) is 4.79 Å². The number of nitrogens with one attached hydrogen (secondary N) is 2. The maximum Gasteiger partial charge on any atom is 0.323 e. The molecule has 0 aromatic carbocycles. The molecule has 1 spiro atoms. The van der Waals surface area contributed by atoms with Crippen LogP contribution in [0.5, 0.6) is 0 Å². The van der Waals surface area contributed by atoms with Crippen molar-refractivity contribution < 1.29 is 4.79 Å². The summed E-state index contributed by atoms with van der Waals surface area (Å²) in [6.07, 6.45) is 5.31. The SMILES string of the molecule is CC1CCCC2(CC1)C(=N)NC(=O)N2C. The zero-order valence-corrected chi connectivity index (χ0v) is 9.47. The summed E-state index contributed by atoms with van der Waals surface area (Å²) in [6, 6.07) is -0.116. The summed E-state index contributed by atoms with van der Waals surface area (Å²) in [5.41, 5.74) is -0.318. The molecule has 1 saturated heterocycles. The first-order valence-corrected chi connectivity index (χ1v) is 5.70. The lowest BCUT2D eigenvalue weighted by Gasteiger charge is -2.33. The van der Waals surface area contributed by atoms with E-state index < -0.39 is 0 Å². The van der Waals surface area contributed by atoms with Gasteiger partial charge < -0.3 is 4.90 Å². The largest absolute Gasteiger partial charge is 0.323 e. The number of nitrogens with zero attached hydrogens (tertiary/aromatic N) is 1. The van der Waals surface area contributed by atoms with Crippen molar-refractivity contribution in [1.82, 2.24) is 10.2 Å². The Bertz CT molecular complexity index is 302. The van der Waals surface area contributed by atoms with Crippen molar-refractivity contribution in [3.63, 3.8) is 0 Å². The Labute approximate surface area is 90.5 Å². The molecule has 0 radical (unpaired) electrons. The van der Waals surface area contributed by atoms with Gasteiger partial charge in [0.05, 0.1) is 0 Å². The molecule has 2 unspecified atom stereocenters. The van der Waals surface area contributed by atoms with Crippen molar-refractivity contribution in [3.8, 4) is 0 Å². The second-order valence-electron chi connectivity index (χ2n) is 4.93. The maximum absolute atomic E-state index is 11.5. The third-order valence-electron chi connectivity index (χ3n) is 3.98. The van der Waals surface area contributed by atoms with Gasteiger partial charge in [-0.1, -0.05) is 19.8 Å². The van der Waals surface area contributed by atoms with Crippen LogP contribution >= 0.6 is 0 Å². The second kappa shape index (κ2) is 3.51. The van der Waals surface area contributed by atoms with Gasteiger partial charge in [-0.05, 0) is 25.2 Å². The molecule has 0 aromatic heterocycles. The van der Waals surface area contributed by atoms with Gasteiger partial charge in [0.1, 0.15) is 11.4 Å². The fourth-order valence-corrected chi connectivity index (χ4v) is 2.75. The molecule has 2 atom stereocenters. The second-order valence-corrected chi connectivity index (χ2v) is 4.93. The first-order chi connectivity index (χ1) is 7.06. The Hall–Kier alpha value is -1.06. The number of carbonyl (C=O) groups is 1. The highest BCUT2D eigenvalue weighted by Crippen LogP contribution is 2.36. The lowest BCUT2D eigenvalue weighted by molar-refractivity contribution is 0.182. The minimum atomic E-state index is -0.318. The number of urea groups is 1. The first-order valence-electron chi connectivity index (χ1n) is 5.70. The Morgan fingerprint density at radius 2 is 2.20 bits per heavy atom. The van der Waals surface area contributed by atoms with Crippen LogP contribution in [0.15, 0.2) is 0 Å². The van der Waals surface area contributed by atoms with Crippen LogP contribution in [0.2, 0.25) is 0 Å². The monoisotopic (exact) mass is 209 g/mol. The molecule has 2 rings (SSSR count). The number of rotatable bonds is 0. The Kier molecular flexibility index (Phi) is 2.44. The molecule has 2 fully saturated rings. The summed E-state index contributed by atoms with van der Waals surface area (Å²) < 4.78 is 0. The van der Waals surface area contributed by atoms with E-state index in [-0.39, 0.29) is 11.6 Å². The molecule has 2 N–H and O–H groups in total. The molecular formula is C11H19N3O. The fraction of sp³-hybridized carbons (Fsp3) is 0.818. The van der Waals surface area contributed by atoms with E-state index in [1.54, 1.807) is 4.90 Å². The lowest BCUT2D eigenvalue weighted by atomic mass is 9.88. The number of amidine groups is 1. The van der Waals surface area contributed by atoms with Gasteiger partial charge in [0.2, 0.25) is 0 Å². The number of likely N-dealkylation sites (N-methyl/N-ethyl adjacent to an activating group) is 1. The van der Waals surface area contributed by atoms with Crippen LogP contribution in [0, 0.1) is 11.3 Å². The van der Waals surface area contributed by atoms with Crippen molar-refractivity contribution in [2.24, 2.45) is 5.92 Å². The molecular weight excluding hydrogens is 190 g/mol. The predicted molar refractivity (Wildman–Crippen MR) is 59.0 cm³/mol.